The average molecular weight is 167 g/mol. The van der Waals surface area contributed by atoms with Crippen LogP contribution in [0.4, 0.5) is 0 Å². The molecule has 0 atom stereocenters. The summed E-state index contributed by atoms with van der Waals surface area (Å²) in [6.07, 6.45) is 8.80. The van der Waals surface area contributed by atoms with E-state index in [0.29, 0.717) is 5.54 Å². The molecule has 12 heavy (non-hydrogen) atoms. The molecule has 1 aliphatic carbocycles. The number of hydrogen-bond donors (Lipinski definition) is 0. The normalized spacial score (nSPS) is 29.2. The third-order valence-electron chi connectivity index (χ3n) is 3.60. The Balaban J connectivity index is 2.06. The summed E-state index contributed by atoms with van der Waals surface area (Å²) in [7, 11) is 0. The van der Waals surface area contributed by atoms with Crippen molar-refractivity contribution in [2.45, 2.75) is 64.0 Å². The van der Waals surface area contributed by atoms with Gasteiger partial charge in [0, 0.05) is 11.6 Å². The minimum atomic E-state index is 0.685. The maximum Gasteiger partial charge on any atom is 0.0213 e. The Hall–Kier alpha value is -0.0400. The third kappa shape index (κ3) is 1.39. The molecule has 0 unspecified atom stereocenters. The van der Waals surface area contributed by atoms with Gasteiger partial charge in [-0.05, 0) is 46.1 Å². The van der Waals surface area contributed by atoms with Crippen LogP contribution in [0.25, 0.3) is 0 Å². The van der Waals surface area contributed by atoms with Crippen LogP contribution in [-0.2, 0) is 0 Å². The molecule has 2 rings (SSSR count). The fourth-order valence-electron chi connectivity index (χ4n) is 2.78. The number of nitrogens with zero attached hydrogens (tertiary/aromatic N) is 1. The van der Waals surface area contributed by atoms with Gasteiger partial charge in [0.2, 0.25) is 0 Å². The van der Waals surface area contributed by atoms with Gasteiger partial charge in [0.25, 0.3) is 0 Å². The molecule has 2 fully saturated rings. The van der Waals surface area contributed by atoms with E-state index in [-0.39, 0.29) is 0 Å². The van der Waals surface area contributed by atoms with Gasteiger partial charge in [-0.3, -0.25) is 4.90 Å². The predicted octanol–water partition coefficient (Wildman–Crippen LogP) is 2.80. The van der Waals surface area contributed by atoms with Crippen LogP contribution >= 0.6 is 0 Å². The summed E-state index contributed by atoms with van der Waals surface area (Å²) in [5, 5.41) is 0. The Morgan fingerprint density at radius 3 is 2.33 bits per heavy atom. The lowest BCUT2D eigenvalue weighted by Crippen LogP contribution is -2.41. The number of rotatable bonds is 1. The van der Waals surface area contributed by atoms with Crippen molar-refractivity contribution in [1.82, 2.24) is 4.90 Å². The molecule has 0 aromatic rings. The average Bonchev–Trinajstić information content (AvgIpc) is 2.80. The molecule has 0 aromatic carbocycles. The van der Waals surface area contributed by atoms with Gasteiger partial charge in [0.05, 0.1) is 0 Å². The summed E-state index contributed by atoms with van der Waals surface area (Å²) in [6, 6.07) is 0.769. The van der Waals surface area contributed by atoms with Gasteiger partial charge < -0.3 is 0 Å². The van der Waals surface area contributed by atoms with Crippen molar-refractivity contribution in [3.8, 4) is 0 Å². The summed E-state index contributed by atoms with van der Waals surface area (Å²) in [4.78, 5) is 2.76. The van der Waals surface area contributed by atoms with Gasteiger partial charge in [-0.15, -0.1) is 0 Å². The van der Waals surface area contributed by atoms with Crippen LogP contribution in [0.3, 0.4) is 0 Å². The first-order chi connectivity index (χ1) is 5.75. The van der Waals surface area contributed by atoms with Gasteiger partial charge in [0.1, 0.15) is 0 Å². The van der Waals surface area contributed by atoms with Crippen molar-refractivity contribution in [2.75, 3.05) is 6.54 Å². The first kappa shape index (κ1) is 8.55. The van der Waals surface area contributed by atoms with E-state index in [2.05, 4.69) is 18.7 Å². The second kappa shape index (κ2) is 3.02. The molecule has 0 amide bonds. The second-order valence-corrected chi connectivity index (χ2v) is 4.82. The zero-order chi connectivity index (χ0) is 8.60. The van der Waals surface area contributed by atoms with E-state index in [9.17, 15) is 0 Å². The van der Waals surface area contributed by atoms with E-state index < -0.39 is 0 Å². The molecule has 0 radical (unpaired) electrons. The minimum Gasteiger partial charge on any atom is -0.295 e. The zero-order valence-electron chi connectivity index (χ0n) is 8.47. The fourth-order valence-corrected chi connectivity index (χ4v) is 2.78. The van der Waals surface area contributed by atoms with Gasteiger partial charge in [-0.25, -0.2) is 0 Å². The van der Waals surface area contributed by atoms with Crippen molar-refractivity contribution in [2.24, 2.45) is 0 Å². The van der Waals surface area contributed by atoms with Crippen molar-refractivity contribution in [3.63, 3.8) is 0 Å². The fraction of sp³-hybridized carbons (Fsp3) is 1.00. The lowest BCUT2D eigenvalue weighted by atomic mass is 10.1. The molecular formula is C11H21N. The molecule has 0 aromatic heterocycles. The van der Waals surface area contributed by atoms with Crippen molar-refractivity contribution in [3.05, 3.63) is 0 Å². The number of likely N-dealkylation sites (tertiary alicyclic amines) is 1. The van der Waals surface area contributed by atoms with Gasteiger partial charge >= 0.3 is 0 Å². The highest BCUT2D eigenvalue weighted by atomic mass is 15.2. The standard InChI is InChI=1S/C11H21N/c1-10(2)12-9-5-3-4-6-11(12)7-8-11/h10H,3-9H2,1-2H3. The van der Waals surface area contributed by atoms with Crippen LogP contribution in [0.5, 0.6) is 0 Å². The maximum absolute atomic E-state index is 2.76. The van der Waals surface area contributed by atoms with Crippen molar-refractivity contribution < 1.29 is 0 Å². The predicted molar refractivity (Wildman–Crippen MR) is 52.3 cm³/mol. The van der Waals surface area contributed by atoms with Crippen LogP contribution in [0, 0.1) is 0 Å². The lowest BCUT2D eigenvalue weighted by molar-refractivity contribution is 0.138. The number of hydrogen-bond acceptors (Lipinski definition) is 1. The van der Waals surface area contributed by atoms with Crippen LogP contribution in [0.15, 0.2) is 0 Å². The Labute approximate surface area is 76.1 Å². The van der Waals surface area contributed by atoms with Gasteiger partial charge in [0.15, 0.2) is 0 Å². The summed E-state index contributed by atoms with van der Waals surface area (Å²) < 4.78 is 0. The first-order valence-corrected chi connectivity index (χ1v) is 5.51. The maximum atomic E-state index is 2.76. The summed E-state index contributed by atoms with van der Waals surface area (Å²) >= 11 is 0. The topological polar surface area (TPSA) is 3.24 Å². The van der Waals surface area contributed by atoms with Crippen molar-refractivity contribution in [1.29, 1.82) is 0 Å². The molecule has 1 heterocycles. The van der Waals surface area contributed by atoms with E-state index in [4.69, 9.17) is 0 Å². The molecule has 1 spiro atoms. The summed E-state index contributed by atoms with van der Waals surface area (Å²) in [5.41, 5.74) is 0.685. The molecule has 1 saturated carbocycles. The lowest BCUT2D eigenvalue weighted by Gasteiger charge is -2.33. The van der Waals surface area contributed by atoms with Crippen LogP contribution in [0.2, 0.25) is 0 Å². The molecule has 70 valence electrons. The largest absolute Gasteiger partial charge is 0.295 e. The molecule has 1 nitrogen and oxygen atoms in total. The van der Waals surface area contributed by atoms with Crippen LogP contribution < -0.4 is 0 Å². The molecule has 2 aliphatic rings. The minimum absolute atomic E-state index is 0.685. The molecule has 1 heteroatoms. The Bertz CT molecular complexity index is 158. The van der Waals surface area contributed by atoms with Gasteiger partial charge in [-0.1, -0.05) is 12.8 Å². The Morgan fingerprint density at radius 2 is 1.75 bits per heavy atom. The molecule has 1 saturated heterocycles. The highest BCUT2D eigenvalue weighted by molar-refractivity contribution is 5.05. The molecule has 0 N–H and O–H groups in total. The van der Waals surface area contributed by atoms with Crippen molar-refractivity contribution >= 4 is 0 Å². The van der Waals surface area contributed by atoms with Crippen LogP contribution in [-0.4, -0.2) is 23.0 Å². The van der Waals surface area contributed by atoms with E-state index in [1.54, 1.807) is 0 Å². The highest BCUT2D eigenvalue weighted by Crippen LogP contribution is 2.48. The van der Waals surface area contributed by atoms with Gasteiger partial charge in [-0.2, -0.15) is 0 Å². The van der Waals surface area contributed by atoms with E-state index in [0.717, 1.165) is 6.04 Å². The highest BCUT2D eigenvalue weighted by Gasteiger charge is 2.48. The Morgan fingerprint density at radius 1 is 1.00 bits per heavy atom. The molecule has 1 aliphatic heterocycles. The monoisotopic (exact) mass is 167 g/mol. The smallest absolute Gasteiger partial charge is 0.0213 e. The molecular weight excluding hydrogens is 146 g/mol. The first-order valence-electron chi connectivity index (χ1n) is 5.51. The molecule has 0 bridgehead atoms. The zero-order valence-corrected chi connectivity index (χ0v) is 8.47. The third-order valence-corrected chi connectivity index (χ3v) is 3.60. The summed E-state index contributed by atoms with van der Waals surface area (Å²) in [5.74, 6) is 0. The Kier molecular flexibility index (Phi) is 2.16. The quantitative estimate of drug-likeness (QED) is 0.580. The SMILES string of the molecule is CC(C)N1CCCCCC12CC2. The summed E-state index contributed by atoms with van der Waals surface area (Å²) in [6.45, 7) is 6.06. The van der Waals surface area contributed by atoms with E-state index in [1.165, 1.54) is 45.1 Å². The van der Waals surface area contributed by atoms with E-state index in [1.807, 2.05) is 0 Å². The second-order valence-electron chi connectivity index (χ2n) is 4.82. The van der Waals surface area contributed by atoms with E-state index >= 15 is 0 Å². The van der Waals surface area contributed by atoms with Crippen LogP contribution in [0.1, 0.15) is 52.4 Å².